The second kappa shape index (κ2) is 5.15. The first-order valence-corrected chi connectivity index (χ1v) is 7.15. The van der Waals surface area contributed by atoms with E-state index in [-0.39, 0.29) is 5.82 Å². The number of rotatable bonds is 2. The van der Waals surface area contributed by atoms with Crippen LogP contribution in [-0.4, -0.2) is 8.76 Å². The third kappa shape index (κ3) is 2.48. The van der Waals surface area contributed by atoms with E-state index in [9.17, 15) is 8.60 Å². The Balaban J connectivity index is 2.09. The molecular formula is C16H11FO2S. The van der Waals surface area contributed by atoms with E-state index in [0.29, 0.717) is 4.90 Å². The zero-order valence-electron chi connectivity index (χ0n) is 10.4. The van der Waals surface area contributed by atoms with Crippen LogP contribution < -0.4 is 0 Å². The normalized spacial score (nSPS) is 12.5. The fourth-order valence-corrected chi connectivity index (χ4v) is 2.57. The molecule has 0 aromatic heterocycles. The predicted molar refractivity (Wildman–Crippen MR) is 78.4 cm³/mol. The van der Waals surface area contributed by atoms with E-state index < -0.39 is 11.1 Å². The molecule has 3 aromatic carbocycles. The van der Waals surface area contributed by atoms with Gasteiger partial charge in [-0.1, -0.05) is 30.3 Å². The lowest BCUT2D eigenvalue weighted by Gasteiger charge is -2.05. The molecule has 0 aliphatic heterocycles. The summed E-state index contributed by atoms with van der Waals surface area (Å²) in [5, 5.41) is 1.87. The summed E-state index contributed by atoms with van der Waals surface area (Å²) in [7, 11) is 0. The molecule has 100 valence electrons. The minimum absolute atomic E-state index is 0.260. The molecule has 0 fully saturated rings. The van der Waals surface area contributed by atoms with Crippen LogP contribution in [0.3, 0.4) is 0 Å². The maximum atomic E-state index is 12.9. The molecule has 0 saturated carbocycles. The van der Waals surface area contributed by atoms with Crippen molar-refractivity contribution in [3.8, 4) is 11.1 Å². The molecule has 0 bridgehead atoms. The minimum Gasteiger partial charge on any atom is -0.302 e. The molecular weight excluding hydrogens is 275 g/mol. The van der Waals surface area contributed by atoms with Crippen molar-refractivity contribution >= 4 is 21.9 Å². The summed E-state index contributed by atoms with van der Waals surface area (Å²) in [5.41, 5.74) is 1.92. The van der Waals surface area contributed by atoms with Gasteiger partial charge in [0.25, 0.3) is 0 Å². The largest absolute Gasteiger partial charge is 0.302 e. The van der Waals surface area contributed by atoms with Crippen LogP contribution >= 0.6 is 0 Å². The molecule has 0 aliphatic carbocycles. The van der Waals surface area contributed by atoms with Crippen molar-refractivity contribution in [2.45, 2.75) is 4.90 Å². The van der Waals surface area contributed by atoms with Gasteiger partial charge in [-0.2, -0.15) is 0 Å². The Labute approximate surface area is 118 Å². The van der Waals surface area contributed by atoms with Gasteiger partial charge >= 0.3 is 0 Å². The highest BCUT2D eigenvalue weighted by molar-refractivity contribution is 7.79. The third-order valence-electron chi connectivity index (χ3n) is 3.19. The topological polar surface area (TPSA) is 37.3 Å². The van der Waals surface area contributed by atoms with E-state index >= 15 is 0 Å². The van der Waals surface area contributed by atoms with Crippen molar-refractivity contribution in [1.29, 1.82) is 0 Å². The number of fused-ring (bicyclic) bond motifs is 1. The molecule has 0 heterocycles. The van der Waals surface area contributed by atoms with Gasteiger partial charge in [-0.25, -0.2) is 8.60 Å². The first-order chi connectivity index (χ1) is 9.63. The Bertz CT molecular complexity index is 797. The Morgan fingerprint density at radius 3 is 2.10 bits per heavy atom. The Morgan fingerprint density at radius 1 is 0.800 bits per heavy atom. The van der Waals surface area contributed by atoms with Gasteiger partial charge in [0.15, 0.2) is 11.1 Å². The van der Waals surface area contributed by atoms with Gasteiger partial charge in [-0.3, -0.25) is 0 Å². The maximum absolute atomic E-state index is 12.9. The monoisotopic (exact) mass is 286 g/mol. The molecule has 1 unspecified atom stereocenters. The maximum Gasteiger partial charge on any atom is 0.186 e. The molecule has 0 radical (unpaired) electrons. The molecule has 2 nitrogen and oxygen atoms in total. The van der Waals surface area contributed by atoms with Crippen LogP contribution in [0.4, 0.5) is 4.39 Å². The first-order valence-electron chi connectivity index (χ1n) is 6.04. The van der Waals surface area contributed by atoms with Crippen LogP contribution in [0.15, 0.2) is 65.6 Å². The molecule has 1 atom stereocenters. The standard InChI is InChI=1S/C16H11FO2S/c17-15-6-3-11(4-7-15)12-1-2-14-10-16(20(18)19)8-5-13(14)9-12/h1-10H,(H,18,19). The van der Waals surface area contributed by atoms with E-state index in [2.05, 4.69) is 0 Å². The molecule has 20 heavy (non-hydrogen) atoms. The molecule has 4 heteroatoms. The summed E-state index contributed by atoms with van der Waals surface area (Å²) in [6.45, 7) is 0. The quantitative estimate of drug-likeness (QED) is 0.716. The third-order valence-corrected chi connectivity index (χ3v) is 3.85. The fourth-order valence-electron chi connectivity index (χ4n) is 2.15. The number of hydrogen-bond acceptors (Lipinski definition) is 1. The van der Waals surface area contributed by atoms with Gasteiger partial charge in [0.2, 0.25) is 0 Å². The van der Waals surface area contributed by atoms with Crippen LogP contribution in [-0.2, 0) is 11.1 Å². The highest BCUT2D eigenvalue weighted by atomic mass is 32.2. The summed E-state index contributed by atoms with van der Waals surface area (Å²) in [4.78, 5) is 0.382. The number of hydrogen-bond donors (Lipinski definition) is 1. The summed E-state index contributed by atoms with van der Waals surface area (Å²) in [5.74, 6) is -0.260. The Hall–Kier alpha value is -2.04. The van der Waals surface area contributed by atoms with Crippen LogP contribution in [0.1, 0.15) is 0 Å². The van der Waals surface area contributed by atoms with Gasteiger partial charge in [0, 0.05) is 0 Å². The first kappa shape index (κ1) is 13.0. The SMILES string of the molecule is O=S(O)c1ccc2cc(-c3ccc(F)cc3)ccc2c1. The lowest BCUT2D eigenvalue weighted by molar-refractivity contribution is 0.564. The summed E-state index contributed by atoms with van der Waals surface area (Å²) >= 11 is -1.97. The van der Waals surface area contributed by atoms with E-state index in [1.807, 2.05) is 24.3 Å². The number of halogens is 1. The molecule has 0 spiro atoms. The van der Waals surface area contributed by atoms with Gasteiger partial charge < -0.3 is 4.55 Å². The van der Waals surface area contributed by atoms with E-state index in [1.54, 1.807) is 24.3 Å². The second-order valence-corrected chi connectivity index (χ2v) is 5.45. The van der Waals surface area contributed by atoms with Crippen LogP contribution in [0.5, 0.6) is 0 Å². The smallest absolute Gasteiger partial charge is 0.186 e. The van der Waals surface area contributed by atoms with Crippen molar-refractivity contribution in [3.05, 3.63) is 66.5 Å². The van der Waals surface area contributed by atoms with Crippen molar-refractivity contribution in [3.63, 3.8) is 0 Å². The molecule has 0 saturated heterocycles. The second-order valence-electron chi connectivity index (χ2n) is 4.48. The molecule has 0 aliphatic rings. The average Bonchev–Trinajstić information content (AvgIpc) is 2.47. The number of benzene rings is 3. The van der Waals surface area contributed by atoms with Crippen LogP contribution in [0, 0.1) is 5.82 Å². The van der Waals surface area contributed by atoms with Crippen molar-refractivity contribution in [2.75, 3.05) is 0 Å². The van der Waals surface area contributed by atoms with E-state index in [1.165, 1.54) is 12.1 Å². The fraction of sp³-hybridized carbons (Fsp3) is 0. The van der Waals surface area contributed by atoms with Crippen molar-refractivity contribution in [1.82, 2.24) is 0 Å². The van der Waals surface area contributed by atoms with Crippen LogP contribution in [0.2, 0.25) is 0 Å². The predicted octanol–water partition coefficient (Wildman–Crippen LogP) is 4.23. The van der Waals surface area contributed by atoms with Crippen molar-refractivity contribution < 1.29 is 13.2 Å². The average molecular weight is 286 g/mol. The molecule has 3 aromatic rings. The van der Waals surface area contributed by atoms with Gasteiger partial charge in [0.05, 0.1) is 4.90 Å². The summed E-state index contributed by atoms with van der Waals surface area (Å²) in [6.07, 6.45) is 0. The molecule has 1 N–H and O–H groups in total. The van der Waals surface area contributed by atoms with Gasteiger partial charge in [0.1, 0.15) is 5.82 Å². The minimum atomic E-state index is -1.97. The lowest BCUT2D eigenvalue weighted by atomic mass is 10.0. The molecule has 0 amide bonds. The lowest BCUT2D eigenvalue weighted by Crippen LogP contribution is -1.88. The zero-order chi connectivity index (χ0) is 14.1. The highest BCUT2D eigenvalue weighted by Gasteiger charge is 2.04. The van der Waals surface area contributed by atoms with Gasteiger partial charge in [-0.05, 0) is 52.2 Å². The zero-order valence-corrected chi connectivity index (χ0v) is 11.2. The summed E-state index contributed by atoms with van der Waals surface area (Å²) in [6, 6.07) is 17.2. The van der Waals surface area contributed by atoms with E-state index in [0.717, 1.165) is 21.9 Å². The van der Waals surface area contributed by atoms with Crippen LogP contribution in [0.25, 0.3) is 21.9 Å². The highest BCUT2D eigenvalue weighted by Crippen LogP contribution is 2.25. The Kier molecular flexibility index (Phi) is 3.34. The van der Waals surface area contributed by atoms with Gasteiger partial charge in [-0.15, -0.1) is 0 Å². The summed E-state index contributed by atoms with van der Waals surface area (Å²) < 4.78 is 33.0. The van der Waals surface area contributed by atoms with E-state index in [4.69, 9.17) is 4.55 Å². The molecule has 3 rings (SSSR count). The Morgan fingerprint density at radius 2 is 1.40 bits per heavy atom. The van der Waals surface area contributed by atoms with Crippen molar-refractivity contribution in [2.24, 2.45) is 0 Å².